The number of carboxylic acids is 1. The van der Waals surface area contributed by atoms with Gasteiger partial charge in [-0.1, -0.05) is 98.6 Å². The van der Waals surface area contributed by atoms with Crippen LogP contribution in [0.25, 0.3) is 17.2 Å². The van der Waals surface area contributed by atoms with E-state index in [2.05, 4.69) is 120 Å². The zero-order valence-electron chi connectivity index (χ0n) is 29.5. The monoisotopic (exact) mass is 713 g/mol. The lowest BCUT2D eigenvalue weighted by Gasteiger charge is -2.33. The van der Waals surface area contributed by atoms with Crippen molar-refractivity contribution in [3.63, 3.8) is 0 Å². The highest BCUT2D eigenvalue weighted by atomic mass is 32.2. The predicted octanol–water partition coefficient (Wildman–Crippen LogP) is 12.7. The number of para-hydroxylation sites is 2. The molecular formula is C46H39N3O3S. The Morgan fingerprint density at radius 1 is 0.736 bits per heavy atom. The van der Waals surface area contributed by atoms with Gasteiger partial charge in [-0.05, 0) is 114 Å². The smallest absolute Gasteiger partial charge is 0.346 e. The molecule has 53 heavy (non-hydrogen) atoms. The van der Waals surface area contributed by atoms with Crippen molar-refractivity contribution in [2.45, 2.75) is 42.4 Å². The molecule has 0 radical (unpaired) electrons. The molecule has 0 aliphatic carbocycles. The average Bonchev–Trinajstić information content (AvgIpc) is 3.20. The van der Waals surface area contributed by atoms with E-state index in [1.165, 1.54) is 25.3 Å². The maximum absolute atomic E-state index is 11.6. The van der Waals surface area contributed by atoms with Gasteiger partial charge in [0.25, 0.3) is 0 Å². The number of nitrogens with zero attached hydrogens (tertiary/aromatic N) is 3. The van der Waals surface area contributed by atoms with Crippen molar-refractivity contribution >= 4 is 57.9 Å². The first kappa shape index (κ1) is 35.2. The molecule has 0 atom stereocenters. The van der Waals surface area contributed by atoms with Crippen LogP contribution in [0.4, 0.5) is 34.1 Å². The number of benzene rings is 6. The van der Waals surface area contributed by atoms with Gasteiger partial charge in [0, 0.05) is 32.5 Å². The van der Waals surface area contributed by atoms with Gasteiger partial charge in [0.15, 0.2) is 0 Å². The van der Waals surface area contributed by atoms with Crippen LogP contribution in [0.2, 0.25) is 0 Å². The van der Waals surface area contributed by atoms with Gasteiger partial charge in [0.05, 0.1) is 18.0 Å². The summed E-state index contributed by atoms with van der Waals surface area (Å²) in [6.45, 7) is 2.90. The molecule has 1 heterocycles. The number of unbranched alkanes of at least 4 members (excludes halogenated alkanes) is 3. The molecule has 1 aliphatic rings. The highest BCUT2D eigenvalue weighted by Gasteiger charge is 2.26. The number of nitriles is 1. The van der Waals surface area contributed by atoms with Crippen LogP contribution < -0.4 is 14.5 Å². The lowest BCUT2D eigenvalue weighted by molar-refractivity contribution is -0.132. The predicted molar refractivity (Wildman–Crippen MR) is 216 cm³/mol. The summed E-state index contributed by atoms with van der Waals surface area (Å²) in [5.74, 6) is -0.406. The number of carboxylic acid groups (broad SMARTS) is 1. The topological polar surface area (TPSA) is 76.8 Å². The van der Waals surface area contributed by atoms with Crippen molar-refractivity contribution in [3.8, 4) is 22.9 Å². The molecule has 262 valence electrons. The molecule has 7 heteroatoms. The van der Waals surface area contributed by atoms with Crippen molar-refractivity contribution in [2.75, 3.05) is 16.4 Å². The summed E-state index contributed by atoms with van der Waals surface area (Å²) >= 11 is 1.64. The fourth-order valence-electron chi connectivity index (χ4n) is 6.50. The Balaban J connectivity index is 1.23. The highest BCUT2D eigenvalue weighted by Crippen LogP contribution is 2.53. The van der Waals surface area contributed by atoms with E-state index in [0.29, 0.717) is 12.2 Å². The van der Waals surface area contributed by atoms with Crippen LogP contribution >= 0.6 is 11.8 Å². The van der Waals surface area contributed by atoms with Gasteiger partial charge in [0.2, 0.25) is 0 Å². The maximum Gasteiger partial charge on any atom is 0.346 e. The van der Waals surface area contributed by atoms with E-state index in [9.17, 15) is 15.2 Å². The van der Waals surface area contributed by atoms with Gasteiger partial charge in [-0.25, -0.2) is 4.79 Å². The van der Waals surface area contributed by atoms with Crippen LogP contribution in [0.5, 0.6) is 5.75 Å². The fraction of sp³-hybridized carbons (Fsp3) is 0.130. The Labute approximate surface area is 315 Å². The highest BCUT2D eigenvalue weighted by molar-refractivity contribution is 7.99. The maximum atomic E-state index is 11.6. The Morgan fingerprint density at radius 3 is 1.96 bits per heavy atom. The third-order valence-corrected chi connectivity index (χ3v) is 10.3. The molecule has 0 fully saturated rings. The van der Waals surface area contributed by atoms with Gasteiger partial charge in [-0.2, -0.15) is 5.26 Å². The average molecular weight is 714 g/mol. The Kier molecular flexibility index (Phi) is 10.9. The normalized spacial score (nSPS) is 12.0. The number of ether oxygens (including phenoxy) is 1. The number of aliphatic carboxylic acids is 1. The van der Waals surface area contributed by atoms with Crippen molar-refractivity contribution in [1.82, 2.24) is 0 Å². The molecule has 0 saturated heterocycles. The quantitative estimate of drug-likeness (QED) is 0.0724. The van der Waals surface area contributed by atoms with Crippen LogP contribution in [0.15, 0.2) is 161 Å². The standard InChI is InChI=1S/C46H39N3O3S/c1-2-3-4-11-28-52-41-24-22-40(23-25-41)49-42-26-16-33(29-36(32-47)46(50)51)30-44(42)53-45-31-35(19-27-43(45)49)34-17-20-39(21-18-34)48(37-12-7-5-8-13-37)38-14-9-6-10-15-38/h5-10,12-27,29-31H,2-4,11,28H2,1H3,(H,50,51)/b36-29-. The zero-order valence-corrected chi connectivity index (χ0v) is 30.3. The third-order valence-electron chi connectivity index (χ3n) is 9.16. The number of carbonyl (C=O) groups is 1. The van der Waals surface area contributed by atoms with E-state index in [1.54, 1.807) is 17.8 Å². The number of anilines is 6. The second kappa shape index (κ2) is 16.4. The molecule has 1 N–H and O–H groups in total. The molecule has 6 aromatic rings. The fourth-order valence-corrected chi connectivity index (χ4v) is 7.64. The minimum Gasteiger partial charge on any atom is -0.494 e. The summed E-state index contributed by atoms with van der Waals surface area (Å²) in [5.41, 5.74) is 8.74. The summed E-state index contributed by atoms with van der Waals surface area (Å²) in [6, 6.07) is 51.7. The van der Waals surface area contributed by atoms with Gasteiger partial charge in [-0.15, -0.1) is 0 Å². The molecule has 0 unspecified atom stereocenters. The zero-order chi connectivity index (χ0) is 36.6. The van der Waals surface area contributed by atoms with Gasteiger partial charge >= 0.3 is 5.97 Å². The van der Waals surface area contributed by atoms with E-state index in [0.717, 1.165) is 67.2 Å². The molecule has 0 bridgehead atoms. The first-order valence-electron chi connectivity index (χ1n) is 17.9. The third kappa shape index (κ3) is 7.99. The molecule has 0 saturated carbocycles. The van der Waals surface area contributed by atoms with Gasteiger partial charge < -0.3 is 19.6 Å². The van der Waals surface area contributed by atoms with Crippen LogP contribution in [-0.4, -0.2) is 17.7 Å². The molecule has 0 aromatic heterocycles. The number of fused-ring (bicyclic) bond motifs is 2. The van der Waals surface area contributed by atoms with Crippen molar-refractivity contribution in [1.29, 1.82) is 5.26 Å². The van der Waals surface area contributed by atoms with Crippen molar-refractivity contribution in [2.24, 2.45) is 0 Å². The van der Waals surface area contributed by atoms with Crippen molar-refractivity contribution in [3.05, 3.63) is 157 Å². The summed E-state index contributed by atoms with van der Waals surface area (Å²) in [5, 5.41) is 18.9. The number of hydrogen-bond donors (Lipinski definition) is 1. The van der Waals surface area contributed by atoms with Crippen LogP contribution in [0, 0.1) is 11.3 Å². The molecular weight excluding hydrogens is 675 g/mol. The Morgan fingerprint density at radius 2 is 1.34 bits per heavy atom. The number of hydrogen-bond acceptors (Lipinski definition) is 6. The molecule has 1 aliphatic heterocycles. The minimum atomic E-state index is -1.25. The lowest BCUT2D eigenvalue weighted by atomic mass is 10.0. The number of rotatable bonds is 13. The van der Waals surface area contributed by atoms with E-state index < -0.39 is 5.97 Å². The molecule has 0 amide bonds. The second-order valence-corrected chi connectivity index (χ2v) is 13.9. The van der Waals surface area contributed by atoms with Crippen LogP contribution in [-0.2, 0) is 4.79 Å². The van der Waals surface area contributed by atoms with Gasteiger partial charge in [-0.3, -0.25) is 0 Å². The molecule has 6 nitrogen and oxygen atoms in total. The SMILES string of the molecule is CCCCCCOc1ccc(N2c3ccc(/C=C(/C#N)C(=O)O)cc3Sc3cc(-c4ccc(N(c5ccccc5)c5ccccc5)cc4)ccc32)cc1. The van der Waals surface area contributed by atoms with E-state index in [1.807, 2.05) is 42.5 Å². The van der Waals surface area contributed by atoms with E-state index >= 15 is 0 Å². The van der Waals surface area contributed by atoms with Gasteiger partial charge in [0.1, 0.15) is 17.4 Å². The minimum absolute atomic E-state index is 0.308. The van der Waals surface area contributed by atoms with Crippen LogP contribution in [0.3, 0.4) is 0 Å². The Hall–Kier alpha value is -6.23. The summed E-state index contributed by atoms with van der Waals surface area (Å²) in [6.07, 6.45) is 6.03. The summed E-state index contributed by atoms with van der Waals surface area (Å²) in [7, 11) is 0. The summed E-state index contributed by atoms with van der Waals surface area (Å²) in [4.78, 5) is 18.1. The molecule has 6 aromatic carbocycles. The van der Waals surface area contributed by atoms with E-state index in [-0.39, 0.29) is 5.57 Å². The van der Waals surface area contributed by atoms with Crippen molar-refractivity contribution < 1.29 is 14.6 Å². The first-order valence-corrected chi connectivity index (χ1v) is 18.7. The lowest BCUT2D eigenvalue weighted by Crippen LogP contribution is -2.15. The van der Waals surface area contributed by atoms with Crippen LogP contribution in [0.1, 0.15) is 38.2 Å². The Bertz CT molecular complexity index is 2230. The molecule has 7 rings (SSSR count). The largest absolute Gasteiger partial charge is 0.494 e. The first-order chi connectivity index (χ1) is 26.0. The second-order valence-electron chi connectivity index (χ2n) is 12.8. The van der Waals surface area contributed by atoms with E-state index in [4.69, 9.17) is 4.74 Å². The molecule has 0 spiro atoms. The summed E-state index contributed by atoms with van der Waals surface area (Å²) < 4.78 is 6.05.